The summed E-state index contributed by atoms with van der Waals surface area (Å²) >= 11 is 1.64. The third-order valence-corrected chi connectivity index (χ3v) is 4.21. The number of benzene rings is 1. The lowest BCUT2D eigenvalue weighted by Gasteiger charge is -2.03. The van der Waals surface area contributed by atoms with Crippen LogP contribution in [-0.4, -0.2) is 25.2 Å². The molecule has 2 aromatic rings. The van der Waals surface area contributed by atoms with Gasteiger partial charge in [0, 0.05) is 5.92 Å². The molecule has 1 heterocycles. The summed E-state index contributed by atoms with van der Waals surface area (Å²) < 4.78 is 11.0. The molecule has 0 radical (unpaired) electrons. The van der Waals surface area contributed by atoms with E-state index in [0.717, 1.165) is 15.2 Å². The van der Waals surface area contributed by atoms with E-state index in [1.54, 1.807) is 24.5 Å². The first-order chi connectivity index (χ1) is 8.72. The van der Waals surface area contributed by atoms with Crippen molar-refractivity contribution in [3.8, 4) is 5.75 Å². The number of carbonyl (C=O) groups is 1. The average molecular weight is 263 g/mol. The highest BCUT2D eigenvalue weighted by molar-refractivity contribution is 7.18. The highest BCUT2D eigenvalue weighted by Gasteiger charge is 2.28. The van der Waals surface area contributed by atoms with Gasteiger partial charge in [-0.1, -0.05) is 0 Å². The van der Waals surface area contributed by atoms with Crippen molar-refractivity contribution in [2.75, 3.05) is 14.2 Å². The van der Waals surface area contributed by atoms with Crippen molar-refractivity contribution in [1.29, 1.82) is 0 Å². The molecular formula is C13H13NO3S. The van der Waals surface area contributed by atoms with Crippen molar-refractivity contribution in [1.82, 2.24) is 4.98 Å². The molecule has 0 bridgehead atoms. The van der Waals surface area contributed by atoms with Gasteiger partial charge in [-0.25, -0.2) is 9.78 Å². The molecule has 0 aliphatic heterocycles. The molecule has 1 aliphatic carbocycles. The first kappa shape index (κ1) is 11.5. The van der Waals surface area contributed by atoms with Gasteiger partial charge in [-0.2, -0.15) is 0 Å². The van der Waals surface area contributed by atoms with E-state index in [2.05, 4.69) is 4.98 Å². The van der Waals surface area contributed by atoms with Gasteiger partial charge in [0.15, 0.2) is 0 Å². The van der Waals surface area contributed by atoms with Gasteiger partial charge in [-0.3, -0.25) is 0 Å². The molecule has 18 heavy (non-hydrogen) atoms. The molecule has 3 rings (SSSR count). The van der Waals surface area contributed by atoms with Gasteiger partial charge in [-0.15, -0.1) is 11.3 Å². The number of nitrogens with zero attached hydrogens (tertiary/aromatic N) is 1. The standard InChI is InChI=1S/C13H13NO3S/c1-16-9-5-8(13(15)17-2)6-10-11(9)14-12(18-10)7-3-4-7/h5-7H,3-4H2,1-2H3. The summed E-state index contributed by atoms with van der Waals surface area (Å²) in [7, 11) is 2.97. The fourth-order valence-corrected chi connectivity index (χ4v) is 3.11. The monoisotopic (exact) mass is 263 g/mol. The number of thiazole rings is 1. The summed E-state index contributed by atoms with van der Waals surface area (Å²) in [5.41, 5.74) is 1.35. The number of rotatable bonds is 3. The Labute approximate surface area is 109 Å². The minimum Gasteiger partial charge on any atom is -0.494 e. The first-order valence-corrected chi connectivity index (χ1v) is 6.61. The minimum atomic E-state index is -0.350. The van der Waals surface area contributed by atoms with Crippen LogP contribution in [0.4, 0.5) is 0 Å². The summed E-state index contributed by atoms with van der Waals surface area (Å²) in [6, 6.07) is 3.51. The van der Waals surface area contributed by atoms with E-state index in [-0.39, 0.29) is 5.97 Å². The molecule has 4 nitrogen and oxygen atoms in total. The van der Waals surface area contributed by atoms with E-state index in [0.29, 0.717) is 17.2 Å². The molecule has 94 valence electrons. The van der Waals surface area contributed by atoms with Crippen LogP contribution in [0.3, 0.4) is 0 Å². The van der Waals surface area contributed by atoms with E-state index < -0.39 is 0 Å². The van der Waals surface area contributed by atoms with Gasteiger partial charge >= 0.3 is 5.97 Å². The molecule has 1 aromatic heterocycles. The lowest BCUT2D eigenvalue weighted by atomic mass is 10.2. The Morgan fingerprint density at radius 3 is 2.78 bits per heavy atom. The van der Waals surface area contributed by atoms with Crippen LogP contribution < -0.4 is 4.74 Å². The largest absolute Gasteiger partial charge is 0.494 e. The first-order valence-electron chi connectivity index (χ1n) is 5.79. The smallest absolute Gasteiger partial charge is 0.338 e. The number of fused-ring (bicyclic) bond motifs is 1. The maximum absolute atomic E-state index is 11.6. The number of hydrogen-bond acceptors (Lipinski definition) is 5. The predicted molar refractivity (Wildman–Crippen MR) is 69.5 cm³/mol. The second-order valence-corrected chi connectivity index (χ2v) is 5.41. The Balaban J connectivity index is 2.15. The Kier molecular flexibility index (Phi) is 2.70. The number of aromatic nitrogens is 1. The van der Waals surface area contributed by atoms with Gasteiger partial charge in [0.2, 0.25) is 0 Å². The highest BCUT2D eigenvalue weighted by Crippen LogP contribution is 2.44. The van der Waals surface area contributed by atoms with E-state index >= 15 is 0 Å². The predicted octanol–water partition coefficient (Wildman–Crippen LogP) is 2.97. The zero-order valence-electron chi connectivity index (χ0n) is 10.2. The zero-order chi connectivity index (χ0) is 12.7. The van der Waals surface area contributed by atoms with E-state index in [1.165, 1.54) is 20.0 Å². The van der Waals surface area contributed by atoms with Gasteiger partial charge in [0.05, 0.1) is 29.5 Å². The topological polar surface area (TPSA) is 48.4 Å². The molecule has 0 unspecified atom stereocenters. The molecule has 0 amide bonds. The molecule has 1 fully saturated rings. The van der Waals surface area contributed by atoms with Gasteiger partial charge in [0.1, 0.15) is 11.3 Å². The van der Waals surface area contributed by atoms with Gasteiger partial charge < -0.3 is 9.47 Å². The van der Waals surface area contributed by atoms with Crippen LogP contribution in [0.5, 0.6) is 5.75 Å². The fraction of sp³-hybridized carbons (Fsp3) is 0.385. The van der Waals surface area contributed by atoms with Crippen molar-refractivity contribution in [3.05, 3.63) is 22.7 Å². The quantitative estimate of drug-likeness (QED) is 0.799. The second-order valence-electron chi connectivity index (χ2n) is 4.34. The number of carbonyl (C=O) groups excluding carboxylic acids is 1. The zero-order valence-corrected chi connectivity index (χ0v) is 11.0. The lowest BCUT2D eigenvalue weighted by Crippen LogP contribution is -2.01. The summed E-state index contributed by atoms with van der Waals surface area (Å²) in [6.07, 6.45) is 2.43. The Morgan fingerprint density at radius 1 is 1.39 bits per heavy atom. The van der Waals surface area contributed by atoms with Crippen molar-refractivity contribution in [2.45, 2.75) is 18.8 Å². The number of methoxy groups -OCH3 is 2. The van der Waals surface area contributed by atoms with E-state index in [4.69, 9.17) is 9.47 Å². The summed E-state index contributed by atoms with van der Waals surface area (Å²) in [4.78, 5) is 16.2. The third-order valence-electron chi connectivity index (χ3n) is 3.04. The molecule has 0 spiro atoms. The molecular weight excluding hydrogens is 250 g/mol. The average Bonchev–Trinajstić information content (AvgIpc) is 3.16. The number of esters is 1. The van der Waals surface area contributed by atoms with Crippen LogP contribution in [-0.2, 0) is 4.74 Å². The van der Waals surface area contributed by atoms with Gasteiger partial charge in [0.25, 0.3) is 0 Å². The van der Waals surface area contributed by atoms with Crippen LogP contribution >= 0.6 is 11.3 Å². The van der Waals surface area contributed by atoms with Crippen molar-refractivity contribution in [3.63, 3.8) is 0 Å². The van der Waals surface area contributed by atoms with Crippen LogP contribution in [0.25, 0.3) is 10.2 Å². The maximum atomic E-state index is 11.6. The molecule has 0 N–H and O–H groups in total. The molecule has 0 atom stereocenters. The van der Waals surface area contributed by atoms with E-state index in [9.17, 15) is 4.79 Å². The molecule has 1 aromatic carbocycles. The Hall–Kier alpha value is -1.62. The maximum Gasteiger partial charge on any atom is 0.338 e. The summed E-state index contributed by atoms with van der Waals surface area (Å²) in [6.45, 7) is 0. The van der Waals surface area contributed by atoms with Crippen LogP contribution in [0.15, 0.2) is 12.1 Å². The Morgan fingerprint density at radius 2 is 2.17 bits per heavy atom. The highest BCUT2D eigenvalue weighted by atomic mass is 32.1. The van der Waals surface area contributed by atoms with Crippen LogP contribution in [0.1, 0.15) is 34.1 Å². The summed E-state index contributed by atoms with van der Waals surface area (Å²) in [5.74, 6) is 0.890. The molecule has 1 saturated carbocycles. The normalized spacial score (nSPS) is 14.8. The molecule has 0 saturated heterocycles. The van der Waals surface area contributed by atoms with Gasteiger partial charge in [-0.05, 0) is 25.0 Å². The summed E-state index contributed by atoms with van der Waals surface area (Å²) in [5, 5.41) is 1.14. The molecule has 5 heteroatoms. The number of ether oxygens (including phenoxy) is 2. The second kappa shape index (κ2) is 4.24. The van der Waals surface area contributed by atoms with Crippen LogP contribution in [0, 0.1) is 0 Å². The Bertz CT molecular complexity index is 616. The number of hydrogen-bond donors (Lipinski definition) is 0. The lowest BCUT2D eigenvalue weighted by molar-refractivity contribution is 0.0600. The van der Waals surface area contributed by atoms with Crippen molar-refractivity contribution >= 4 is 27.5 Å². The minimum absolute atomic E-state index is 0.350. The van der Waals surface area contributed by atoms with Crippen molar-refractivity contribution < 1.29 is 14.3 Å². The molecule has 1 aliphatic rings. The van der Waals surface area contributed by atoms with Crippen LogP contribution in [0.2, 0.25) is 0 Å². The third kappa shape index (κ3) is 1.84. The SMILES string of the molecule is COC(=O)c1cc(OC)c2nc(C3CC3)sc2c1. The van der Waals surface area contributed by atoms with Crippen molar-refractivity contribution in [2.24, 2.45) is 0 Å². The van der Waals surface area contributed by atoms with E-state index in [1.807, 2.05) is 6.07 Å². The fourth-order valence-electron chi connectivity index (χ4n) is 1.91.